The Bertz CT molecular complexity index is 908. The summed E-state index contributed by atoms with van der Waals surface area (Å²) < 4.78 is 1.45. The molecule has 0 saturated heterocycles. The standard InChI is InChI=1S/C19H21N5OS/c1-13-8-9-16(10-14(13)2)21-18(25)12-26-19-23-22-17(24(19)20)11-15-6-4-3-5-7-15/h3-10H,11-12,20H2,1-2H3,(H,21,25). The monoisotopic (exact) mass is 367 g/mol. The molecule has 6 nitrogen and oxygen atoms in total. The first-order chi connectivity index (χ1) is 12.5. The van der Waals surface area contributed by atoms with E-state index in [0.29, 0.717) is 17.4 Å². The lowest BCUT2D eigenvalue weighted by molar-refractivity contribution is -0.113. The zero-order chi connectivity index (χ0) is 18.5. The van der Waals surface area contributed by atoms with Crippen LogP contribution in [0.5, 0.6) is 0 Å². The second-order valence-electron chi connectivity index (χ2n) is 6.07. The van der Waals surface area contributed by atoms with Crippen molar-refractivity contribution in [3.63, 3.8) is 0 Å². The van der Waals surface area contributed by atoms with Crippen LogP contribution in [0.1, 0.15) is 22.5 Å². The second-order valence-corrected chi connectivity index (χ2v) is 7.01. The van der Waals surface area contributed by atoms with E-state index in [0.717, 1.165) is 16.8 Å². The number of amides is 1. The van der Waals surface area contributed by atoms with Crippen LogP contribution in [-0.2, 0) is 11.2 Å². The largest absolute Gasteiger partial charge is 0.336 e. The van der Waals surface area contributed by atoms with Crippen molar-refractivity contribution in [2.24, 2.45) is 0 Å². The Kier molecular flexibility index (Phi) is 5.58. The Morgan fingerprint density at radius 1 is 1.12 bits per heavy atom. The SMILES string of the molecule is Cc1ccc(NC(=O)CSc2nnc(Cc3ccccc3)n2N)cc1C. The maximum Gasteiger partial charge on any atom is 0.234 e. The van der Waals surface area contributed by atoms with Gasteiger partial charge >= 0.3 is 0 Å². The first kappa shape index (κ1) is 18.0. The van der Waals surface area contributed by atoms with Crippen molar-refractivity contribution in [3.05, 3.63) is 71.0 Å². The molecule has 3 rings (SSSR count). The third-order valence-corrected chi connectivity index (χ3v) is 5.01. The highest BCUT2D eigenvalue weighted by atomic mass is 32.2. The van der Waals surface area contributed by atoms with Gasteiger partial charge < -0.3 is 11.2 Å². The number of anilines is 1. The third-order valence-electron chi connectivity index (χ3n) is 4.06. The van der Waals surface area contributed by atoms with Gasteiger partial charge in [-0.05, 0) is 42.7 Å². The number of thioether (sulfide) groups is 1. The average Bonchev–Trinajstić information content (AvgIpc) is 2.97. The smallest absolute Gasteiger partial charge is 0.234 e. The van der Waals surface area contributed by atoms with Gasteiger partial charge in [-0.15, -0.1) is 10.2 Å². The van der Waals surface area contributed by atoms with E-state index in [9.17, 15) is 4.79 Å². The molecule has 7 heteroatoms. The summed E-state index contributed by atoms with van der Waals surface area (Å²) >= 11 is 1.27. The summed E-state index contributed by atoms with van der Waals surface area (Å²) in [4.78, 5) is 12.2. The first-order valence-electron chi connectivity index (χ1n) is 8.26. The minimum atomic E-state index is -0.106. The lowest BCUT2D eigenvalue weighted by Gasteiger charge is -2.07. The number of nitrogens with one attached hydrogen (secondary N) is 1. The number of carbonyl (C=O) groups is 1. The highest BCUT2D eigenvalue weighted by Gasteiger charge is 2.13. The number of nitrogens with two attached hydrogens (primary N) is 1. The Hall–Kier alpha value is -2.80. The summed E-state index contributed by atoms with van der Waals surface area (Å²) in [5.41, 5.74) is 4.23. The van der Waals surface area contributed by atoms with E-state index in [1.165, 1.54) is 22.0 Å². The van der Waals surface area contributed by atoms with Crippen molar-refractivity contribution >= 4 is 23.4 Å². The molecule has 3 N–H and O–H groups in total. The predicted molar refractivity (Wildman–Crippen MR) is 105 cm³/mol. The molecule has 0 aliphatic heterocycles. The molecule has 1 amide bonds. The molecule has 0 bridgehead atoms. The molecule has 134 valence electrons. The van der Waals surface area contributed by atoms with Crippen molar-refractivity contribution in [2.45, 2.75) is 25.4 Å². The minimum absolute atomic E-state index is 0.106. The molecule has 1 aromatic heterocycles. The van der Waals surface area contributed by atoms with Crippen LogP contribution < -0.4 is 11.2 Å². The van der Waals surface area contributed by atoms with Gasteiger partial charge in [0.2, 0.25) is 11.1 Å². The number of hydrogen-bond acceptors (Lipinski definition) is 5. The highest BCUT2D eigenvalue weighted by molar-refractivity contribution is 7.99. The van der Waals surface area contributed by atoms with Crippen molar-refractivity contribution in [2.75, 3.05) is 16.9 Å². The Morgan fingerprint density at radius 2 is 1.88 bits per heavy atom. The summed E-state index contributed by atoms with van der Waals surface area (Å²) in [6.45, 7) is 4.06. The number of aromatic nitrogens is 3. The normalized spacial score (nSPS) is 10.7. The van der Waals surface area contributed by atoms with Gasteiger partial charge in [-0.1, -0.05) is 48.2 Å². The van der Waals surface area contributed by atoms with E-state index < -0.39 is 0 Å². The van der Waals surface area contributed by atoms with Gasteiger partial charge in [0, 0.05) is 12.1 Å². The van der Waals surface area contributed by atoms with E-state index in [1.807, 2.05) is 62.4 Å². The molecule has 0 spiro atoms. The summed E-state index contributed by atoms with van der Waals surface area (Å²) in [5, 5.41) is 11.6. The molecule has 26 heavy (non-hydrogen) atoms. The number of hydrogen-bond donors (Lipinski definition) is 2. The molecule has 0 saturated carbocycles. The average molecular weight is 367 g/mol. The van der Waals surface area contributed by atoms with Crippen molar-refractivity contribution in [3.8, 4) is 0 Å². The minimum Gasteiger partial charge on any atom is -0.336 e. The Labute approximate surface area is 156 Å². The van der Waals surface area contributed by atoms with E-state index in [-0.39, 0.29) is 11.7 Å². The van der Waals surface area contributed by atoms with E-state index in [2.05, 4.69) is 15.5 Å². The van der Waals surface area contributed by atoms with Crippen LogP contribution in [0, 0.1) is 13.8 Å². The number of nitrogens with zero attached hydrogens (tertiary/aromatic N) is 3. The Morgan fingerprint density at radius 3 is 2.62 bits per heavy atom. The van der Waals surface area contributed by atoms with Crippen molar-refractivity contribution in [1.29, 1.82) is 0 Å². The van der Waals surface area contributed by atoms with Crippen LogP contribution in [0.2, 0.25) is 0 Å². The summed E-state index contributed by atoms with van der Waals surface area (Å²) in [5.74, 6) is 6.84. The van der Waals surface area contributed by atoms with Gasteiger partial charge in [0.15, 0.2) is 5.82 Å². The van der Waals surface area contributed by atoms with Crippen molar-refractivity contribution in [1.82, 2.24) is 14.9 Å². The van der Waals surface area contributed by atoms with E-state index in [1.54, 1.807) is 0 Å². The molecule has 0 aliphatic rings. The van der Waals surface area contributed by atoms with Gasteiger partial charge in [0.1, 0.15) is 0 Å². The number of carbonyl (C=O) groups excluding carboxylic acids is 1. The van der Waals surface area contributed by atoms with Gasteiger partial charge in [-0.2, -0.15) is 0 Å². The second kappa shape index (κ2) is 8.05. The fourth-order valence-electron chi connectivity index (χ4n) is 2.45. The molecular weight excluding hydrogens is 346 g/mol. The van der Waals surface area contributed by atoms with Crippen LogP contribution in [0.3, 0.4) is 0 Å². The third kappa shape index (κ3) is 4.43. The van der Waals surface area contributed by atoms with E-state index in [4.69, 9.17) is 5.84 Å². The highest BCUT2D eigenvalue weighted by Crippen LogP contribution is 2.18. The van der Waals surface area contributed by atoms with Gasteiger partial charge in [0.05, 0.1) is 5.75 Å². The zero-order valence-corrected chi connectivity index (χ0v) is 15.6. The molecule has 0 atom stereocenters. The van der Waals surface area contributed by atoms with Crippen LogP contribution in [0.4, 0.5) is 5.69 Å². The molecule has 1 heterocycles. The molecule has 2 aromatic carbocycles. The van der Waals surface area contributed by atoms with Crippen molar-refractivity contribution < 1.29 is 4.79 Å². The zero-order valence-electron chi connectivity index (χ0n) is 14.8. The number of rotatable bonds is 6. The van der Waals surface area contributed by atoms with Crippen LogP contribution in [-0.4, -0.2) is 26.5 Å². The molecular formula is C19H21N5OS. The fourth-order valence-corrected chi connectivity index (χ4v) is 3.13. The Balaban J connectivity index is 1.57. The van der Waals surface area contributed by atoms with Gasteiger partial charge in [-0.25, -0.2) is 4.68 Å². The number of nitrogen functional groups attached to an aromatic ring is 1. The predicted octanol–water partition coefficient (Wildman–Crippen LogP) is 2.93. The van der Waals surface area contributed by atoms with E-state index >= 15 is 0 Å². The first-order valence-corrected chi connectivity index (χ1v) is 9.24. The molecule has 0 fully saturated rings. The quantitative estimate of drug-likeness (QED) is 0.517. The van der Waals surface area contributed by atoms with Gasteiger partial charge in [-0.3, -0.25) is 4.79 Å². The number of benzene rings is 2. The molecule has 0 aliphatic carbocycles. The number of aryl methyl sites for hydroxylation is 2. The summed E-state index contributed by atoms with van der Waals surface area (Å²) in [7, 11) is 0. The van der Waals surface area contributed by atoms with Crippen LogP contribution in [0.15, 0.2) is 53.7 Å². The molecule has 0 radical (unpaired) electrons. The van der Waals surface area contributed by atoms with Crippen LogP contribution >= 0.6 is 11.8 Å². The topological polar surface area (TPSA) is 85.8 Å². The summed E-state index contributed by atoms with van der Waals surface area (Å²) in [6, 6.07) is 15.8. The maximum atomic E-state index is 12.2. The molecule has 3 aromatic rings. The van der Waals surface area contributed by atoms with Crippen LogP contribution in [0.25, 0.3) is 0 Å². The summed E-state index contributed by atoms with van der Waals surface area (Å²) in [6.07, 6.45) is 0.597. The lowest BCUT2D eigenvalue weighted by Crippen LogP contribution is -2.17. The lowest BCUT2D eigenvalue weighted by atomic mass is 10.1. The fraction of sp³-hybridized carbons (Fsp3) is 0.211. The molecule has 0 unspecified atom stereocenters. The maximum absolute atomic E-state index is 12.2. The van der Waals surface area contributed by atoms with Gasteiger partial charge in [0.25, 0.3) is 0 Å².